The molecule has 0 aromatic carbocycles. The molecule has 0 saturated carbocycles. The fraction of sp³-hybridized carbons (Fsp3) is 0.444. The van der Waals surface area contributed by atoms with Crippen LogP contribution in [0, 0.1) is 0 Å². The number of hydrogen-bond acceptors (Lipinski definition) is 4. The molecule has 0 bridgehead atoms. The van der Waals surface area contributed by atoms with E-state index in [1.807, 2.05) is 15.6 Å². The van der Waals surface area contributed by atoms with Gasteiger partial charge in [-0.05, 0) is 31.4 Å². The molecule has 25 heavy (non-hydrogen) atoms. The molecule has 2 amide bonds. The predicted molar refractivity (Wildman–Crippen MR) is 91.2 cm³/mol. The Morgan fingerprint density at radius 1 is 0.920 bits per heavy atom. The monoisotopic (exact) mass is 339 g/mol. The van der Waals surface area contributed by atoms with Crippen molar-refractivity contribution in [3.8, 4) is 0 Å². The van der Waals surface area contributed by atoms with Crippen LogP contribution in [-0.4, -0.2) is 62.6 Å². The molecule has 0 aliphatic carbocycles. The second-order valence-corrected chi connectivity index (χ2v) is 6.48. The third-order valence-electron chi connectivity index (χ3n) is 4.95. The van der Waals surface area contributed by atoms with Crippen LogP contribution in [0.15, 0.2) is 30.6 Å². The van der Waals surface area contributed by atoms with Gasteiger partial charge in [-0.1, -0.05) is 6.07 Å². The Labute approximate surface area is 146 Å². The van der Waals surface area contributed by atoms with Gasteiger partial charge in [0.2, 0.25) is 0 Å². The average molecular weight is 339 g/mol. The highest BCUT2D eigenvalue weighted by molar-refractivity contribution is 5.96. The summed E-state index contributed by atoms with van der Waals surface area (Å²) in [4.78, 5) is 33.0. The maximum Gasteiger partial charge on any atom is 0.272 e. The zero-order chi connectivity index (χ0) is 17.2. The largest absolute Gasteiger partial charge is 0.335 e. The maximum atomic E-state index is 12.8. The minimum Gasteiger partial charge on any atom is -0.335 e. The highest BCUT2D eigenvalue weighted by atomic mass is 16.2. The topological polar surface area (TPSA) is 71.3 Å². The lowest BCUT2D eigenvalue weighted by Gasteiger charge is -2.34. The first-order valence-electron chi connectivity index (χ1n) is 8.78. The van der Waals surface area contributed by atoms with E-state index in [4.69, 9.17) is 0 Å². The van der Waals surface area contributed by atoms with Crippen LogP contribution in [0.1, 0.15) is 39.4 Å². The highest BCUT2D eigenvalue weighted by Gasteiger charge is 2.28. The molecule has 2 aromatic heterocycles. The van der Waals surface area contributed by atoms with E-state index < -0.39 is 0 Å². The quantitative estimate of drug-likeness (QED) is 0.825. The van der Waals surface area contributed by atoms with Gasteiger partial charge in [0, 0.05) is 38.9 Å². The van der Waals surface area contributed by atoms with Crippen LogP contribution in [0.3, 0.4) is 0 Å². The summed E-state index contributed by atoms with van der Waals surface area (Å²) in [7, 11) is 0. The number of piperazine rings is 1. The van der Waals surface area contributed by atoms with Gasteiger partial charge in [0.15, 0.2) is 0 Å². The molecule has 7 nitrogen and oxygen atoms in total. The van der Waals surface area contributed by atoms with Crippen molar-refractivity contribution >= 4 is 11.8 Å². The first-order valence-corrected chi connectivity index (χ1v) is 8.78. The second kappa shape index (κ2) is 6.66. The average Bonchev–Trinajstić information content (AvgIpc) is 3.12. The second-order valence-electron chi connectivity index (χ2n) is 6.48. The van der Waals surface area contributed by atoms with Crippen LogP contribution in [0.2, 0.25) is 0 Å². The number of carbonyl (C=O) groups excluding carboxylic acids is 2. The number of carbonyl (C=O) groups is 2. The fourth-order valence-corrected chi connectivity index (χ4v) is 3.53. The summed E-state index contributed by atoms with van der Waals surface area (Å²) in [5, 5.41) is 4.35. The van der Waals surface area contributed by atoms with Crippen LogP contribution in [-0.2, 0) is 13.0 Å². The molecule has 0 N–H and O–H groups in total. The van der Waals surface area contributed by atoms with E-state index >= 15 is 0 Å². The van der Waals surface area contributed by atoms with Crippen molar-refractivity contribution < 1.29 is 9.59 Å². The molecule has 0 unspecified atom stereocenters. The predicted octanol–water partition coefficient (Wildman–Crippen LogP) is 1.21. The maximum absolute atomic E-state index is 12.8. The molecule has 0 atom stereocenters. The van der Waals surface area contributed by atoms with E-state index in [1.165, 1.54) is 0 Å². The number of aromatic nitrogens is 3. The van der Waals surface area contributed by atoms with Gasteiger partial charge in [-0.15, -0.1) is 0 Å². The summed E-state index contributed by atoms with van der Waals surface area (Å²) in [6, 6.07) is 5.32. The van der Waals surface area contributed by atoms with Crippen LogP contribution in [0.5, 0.6) is 0 Å². The molecular formula is C18H21N5O2. The minimum absolute atomic E-state index is 0.0353. The van der Waals surface area contributed by atoms with E-state index in [1.54, 1.807) is 29.4 Å². The summed E-state index contributed by atoms with van der Waals surface area (Å²) in [5.41, 5.74) is 2.24. The van der Waals surface area contributed by atoms with Gasteiger partial charge in [0.05, 0.1) is 17.5 Å². The molecule has 1 saturated heterocycles. The normalized spacial score (nSPS) is 17.3. The summed E-state index contributed by atoms with van der Waals surface area (Å²) < 4.78 is 1.96. The van der Waals surface area contributed by atoms with Crippen LogP contribution in [0.4, 0.5) is 0 Å². The van der Waals surface area contributed by atoms with Crippen molar-refractivity contribution in [1.82, 2.24) is 24.6 Å². The lowest BCUT2D eigenvalue weighted by Crippen LogP contribution is -2.50. The first-order chi connectivity index (χ1) is 12.2. The van der Waals surface area contributed by atoms with Crippen molar-refractivity contribution in [3.05, 3.63) is 47.5 Å². The Morgan fingerprint density at radius 3 is 2.40 bits per heavy atom. The van der Waals surface area contributed by atoms with E-state index in [-0.39, 0.29) is 11.8 Å². The number of rotatable bonds is 2. The van der Waals surface area contributed by atoms with Crippen molar-refractivity contribution in [3.63, 3.8) is 0 Å². The number of nitrogens with zero attached hydrogens (tertiary/aromatic N) is 5. The molecular weight excluding hydrogens is 318 g/mol. The van der Waals surface area contributed by atoms with Gasteiger partial charge >= 0.3 is 0 Å². The van der Waals surface area contributed by atoms with Crippen LogP contribution >= 0.6 is 0 Å². The summed E-state index contributed by atoms with van der Waals surface area (Å²) >= 11 is 0. The summed E-state index contributed by atoms with van der Waals surface area (Å²) in [6.45, 7) is 3.05. The molecule has 2 aliphatic heterocycles. The van der Waals surface area contributed by atoms with Crippen molar-refractivity contribution in [2.45, 2.75) is 25.8 Å². The molecule has 130 valence electrons. The molecule has 2 aromatic rings. The third kappa shape index (κ3) is 3.01. The smallest absolute Gasteiger partial charge is 0.272 e. The molecule has 0 spiro atoms. The summed E-state index contributed by atoms with van der Waals surface area (Å²) in [6.07, 6.45) is 6.47. The van der Waals surface area contributed by atoms with Gasteiger partial charge in [-0.25, -0.2) is 0 Å². The van der Waals surface area contributed by atoms with Crippen LogP contribution in [0.25, 0.3) is 0 Å². The highest BCUT2D eigenvalue weighted by Crippen LogP contribution is 2.20. The van der Waals surface area contributed by atoms with Gasteiger partial charge < -0.3 is 9.80 Å². The van der Waals surface area contributed by atoms with Gasteiger partial charge in [0.1, 0.15) is 5.69 Å². The fourth-order valence-electron chi connectivity index (χ4n) is 3.53. The standard InChI is InChI=1S/C18H21N5O2/c24-17(14-13-20-23-8-4-2-6-16(14)23)21-9-11-22(12-10-21)18(25)15-5-1-3-7-19-15/h1,3,5,7,13H,2,4,6,8-12H2. The zero-order valence-electron chi connectivity index (χ0n) is 14.1. The number of fused-ring (bicyclic) bond motifs is 1. The molecule has 7 heteroatoms. The van der Waals surface area contributed by atoms with Gasteiger partial charge in [-0.2, -0.15) is 5.10 Å². The lowest BCUT2D eigenvalue weighted by molar-refractivity contribution is 0.0531. The number of pyridine rings is 1. The van der Waals surface area contributed by atoms with E-state index in [9.17, 15) is 9.59 Å². The van der Waals surface area contributed by atoms with Gasteiger partial charge in [-0.3, -0.25) is 19.3 Å². The number of amides is 2. The molecule has 1 fully saturated rings. The lowest BCUT2D eigenvalue weighted by atomic mass is 10.1. The minimum atomic E-state index is -0.0735. The zero-order valence-corrected chi connectivity index (χ0v) is 14.1. The SMILES string of the molecule is O=C(c1ccccn1)N1CCN(C(=O)c2cnn3c2CCCC3)CC1. The van der Waals surface area contributed by atoms with Crippen molar-refractivity contribution in [2.24, 2.45) is 0 Å². The van der Waals surface area contributed by atoms with Crippen LogP contribution < -0.4 is 0 Å². The Bertz CT molecular complexity index is 778. The molecule has 2 aliphatic rings. The van der Waals surface area contributed by atoms with E-state index in [2.05, 4.69) is 10.1 Å². The summed E-state index contributed by atoms with van der Waals surface area (Å²) in [5.74, 6) is -0.0382. The molecule has 4 heterocycles. The van der Waals surface area contributed by atoms with E-state index in [0.717, 1.165) is 37.1 Å². The third-order valence-corrected chi connectivity index (χ3v) is 4.95. The Morgan fingerprint density at radius 2 is 1.68 bits per heavy atom. The number of hydrogen-bond donors (Lipinski definition) is 0. The molecule has 0 radical (unpaired) electrons. The number of aryl methyl sites for hydroxylation is 1. The Kier molecular flexibility index (Phi) is 4.21. The Balaban J connectivity index is 1.41. The molecule has 4 rings (SSSR count). The van der Waals surface area contributed by atoms with Crippen molar-refractivity contribution in [2.75, 3.05) is 26.2 Å². The Hall–Kier alpha value is -2.70. The van der Waals surface area contributed by atoms with E-state index in [0.29, 0.717) is 31.9 Å². The van der Waals surface area contributed by atoms with Gasteiger partial charge in [0.25, 0.3) is 11.8 Å². The van der Waals surface area contributed by atoms with Crippen molar-refractivity contribution in [1.29, 1.82) is 0 Å². The first kappa shape index (κ1) is 15.8.